The van der Waals surface area contributed by atoms with Crippen LogP contribution in [0.15, 0.2) is 5.38 Å². The lowest BCUT2D eigenvalue weighted by Crippen LogP contribution is -2.46. The monoisotopic (exact) mass is 332 g/mol. The van der Waals surface area contributed by atoms with Crippen LogP contribution >= 0.6 is 11.3 Å². The van der Waals surface area contributed by atoms with Crippen molar-refractivity contribution >= 4 is 27.3 Å². The molecule has 1 unspecified atom stereocenters. The third-order valence-electron chi connectivity index (χ3n) is 3.40. The van der Waals surface area contributed by atoms with Crippen LogP contribution in [0.1, 0.15) is 41.3 Å². The summed E-state index contributed by atoms with van der Waals surface area (Å²) in [5.41, 5.74) is 6.09. The van der Waals surface area contributed by atoms with Crippen LogP contribution in [0.4, 0.5) is 0 Å². The number of nitrogens with one attached hydrogen (secondary N) is 1. The van der Waals surface area contributed by atoms with Crippen molar-refractivity contribution in [3.05, 3.63) is 16.1 Å². The van der Waals surface area contributed by atoms with Gasteiger partial charge in [0.1, 0.15) is 10.7 Å². The normalized spacial score (nSPS) is 19.4. The third-order valence-corrected chi connectivity index (χ3v) is 5.75. The number of nitrogens with zero attached hydrogens (tertiary/aromatic N) is 2. The molecule has 0 saturated carbocycles. The summed E-state index contributed by atoms with van der Waals surface area (Å²) in [6, 6.07) is -0.203. The number of aromatic nitrogens is 1. The molecule has 1 amide bonds. The number of carbonyl (C=O) groups is 1. The molecule has 1 atom stereocenters. The van der Waals surface area contributed by atoms with Crippen LogP contribution in [-0.2, 0) is 10.0 Å². The van der Waals surface area contributed by atoms with Gasteiger partial charge in [0.05, 0.1) is 12.3 Å². The summed E-state index contributed by atoms with van der Waals surface area (Å²) in [6.45, 7) is 2.69. The van der Waals surface area contributed by atoms with Crippen LogP contribution in [-0.4, -0.2) is 49.0 Å². The number of sulfonamides is 1. The van der Waals surface area contributed by atoms with Gasteiger partial charge in [-0.25, -0.2) is 17.7 Å². The van der Waals surface area contributed by atoms with E-state index in [2.05, 4.69) is 10.3 Å². The Labute approximate surface area is 128 Å². The summed E-state index contributed by atoms with van der Waals surface area (Å²) in [5.74, 6) is -0.226. The fourth-order valence-electron chi connectivity index (χ4n) is 2.19. The van der Waals surface area contributed by atoms with Crippen molar-refractivity contribution < 1.29 is 13.2 Å². The van der Waals surface area contributed by atoms with E-state index in [1.54, 1.807) is 5.38 Å². The lowest BCUT2D eigenvalue weighted by atomic mass is 10.1. The number of thiazole rings is 1. The first-order valence-electron chi connectivity index (χ1n) is 6.74. The van der Waals surface area contributed by atoms with Crippen molar-refractivity contribution in [2.75, 3.05) is 19.3 Å². The molecule has 1 aliphatic rings. The Hall–Kier alpha value is -1.03. The molecule has 9 heteroatoms. The summed E-state index contributed by atoms with van der Waals surface area (Å²) in [5, 5.41) is 5.33. The molecule has 0 aromatic carbocycles. The smallest absolute Gasteiger partial charge is 0.270 e. The summed E-state index contributed by atoms with van der Waals surface area (Å²) in [6.07, 6.45) is 2.43. The third kappa shape index (κ3) is 4.22. The molecule has 118 valence electrons. The van der Waals surface area contributed by atoms with E-state index in [0.717, 1.165) is 5.01 Å². The Balaban J connectivity index is 1.89. The summed E-state index contributed by atoms with van der Waals surface area (Å²) >= 11 is 1.37. The van der Waals surface area contributed by atoms with Gasteiger partial charge >= 0.3 is 0 Å². The Kier molecular flexibility index (Phi) is 4.97. The molecule has 0 bridgehead atoms. The molecule has 1 aromatic heterocycles. The van der Waals surface area contributed by atoms with Crippen LogP contribution in [0.5, 0.6) is 0 Å². The first-order chi connectivity index (χ1) is 9.77. The minimum absolute atomic E-state index is 0.0176. The van der Waals surface area contributed by atoms with Gasteiger partial charge in [0, 0.05) is 24.5 Å². The zero-order valence-corrected chi connectivity index (χ0v) is 13.7. The van der Waals surface area contributed by atoms with Crippen molar-refractivity contribution in [3.8, 4) is 0 Å². The average molecular weight is 332 g/mol. The quantitative estimate of drug-likeness (QED) is 0.826. The number of rotatable bonds is 4. The molecule has 0 spiro atoms. The van der Waals surface area contributed by atoms with Gasteiger partial charge in [0.25, 0.3) is 5.91 Å². The molecular weight excluding hydrogens is 312 g/mol. The van der Waals surface area contributed by atoms with Crippen molar-refractivity contribution in [2.24, 2.45) is 5.73 Å². The first-order valence-corrected chi connectivity index (χ1v) is 9.47. The second-order valence-electron chi connectivity index (χ2n) is 5.27. The number of nitrogens with two attached hydrogens (primary N) is 1. The van der Waals surface area contributed by atoms with Crippen LogP contribution in [0.2, 0.25) is 0 Å². The largest absolute Gasteiger partial charge is 0.348 e. The molecule has 21 heavy (non-hydrogen) atoms. The molecule has 2 heterocycles. The van der Waals surface area contributed by atoms with Crippen molar-refractivity contribution in [1.29, 1.82) is 0 Å². The maximum absolute atomic E-state index is 12.1. The predicted molar refractivity (Wildman–Crippen MR) is 81.6 cm³/mol. The van der Waals surface area contributed by atoms with E-state index in [4.69, 9.17) is 5.73 Å². The highest BCUT2D eigenvalue weighted by Gasteiger charge is 2.26. The molecule has 1 saturated heterocycles. The van der Waals surface area contributed by atoms with E-state index in [9.17, 15) is 13.2 Å². The average Bonchev–Trinajstić information content (AvgIpc) is 2.88. The summed E-state index contributed by atoms with van der Waals surface area (Å²) < 4.78 is 24.3. The zero-order valence-electron chi connectivity index (χ0n) is 12.1. The van der Waals surface area contributed by atoms with Crippen molar-refractivity contribution in [3.63, 3.8) is 0 Å². The van der Waals surface area contributed by atoms with Crippen LogP contribution < -0.4 is 11.1 Å². The molecular formula is C12H20N4O3S2. The maximum atomic E-state index is 12.1. The lowest BCUT2D eigenvalue weighted by molar-refractivity contribution is 0.0919. The Morgan fingerprint density at radius 3 is 2.62 bits per heavy atom. The van der Waals surface area contributed by atoms with Crippen molar-refractivity contribution in [2.45, 2.75) is 31.8 Å². The Morgan fingerprint density at radius 1 is 1.52 bits per heavy atom. The minimum Gasteiger partial charge on any atom is -0.348 e. The molecule has 7 nitrogen and oxygen atoms in total. The first kappa shape index (κ1) is 16.3. The highest BCUT2D eigenvalue weighted by molar-refractivity contribution is 7.88. The lowest BCUT2D eigenvalue weighted by Gasteiger charge is -2.30. The summed E-state index contributed by atoms with van der Waals surface area (Å²) in [4.78, 5) is 16.3. The number of carbonyl (C=O) groups excluding carboxylic acids is 1. The molecule has 0 radical (unpaired) electrons. The van der Waals surface area contributed by atoms with Gasteiger partial charge in [-0.2, -0.15) is 0 Å². The summed E-state index contributed by atoms with van der Waals surface area (Å²) in [7, 11) is -3.14. The number of hydrogen-bond donors (Lipinski definition) is 2. The SMILES string of the molecule is CC(N)c1nc(C(=O)NC2CCN(S(C)(=O)=O)CC2)cs1. The number of piperidine rings is 1. The second kappa shape index (κ2) is 6.39. The van der Waals surface area contributed by atoms with Gasteiger partial charge in [-0.15, -0.1) is 11.3 Å². The maximum Gasteiger partial charge on any atom is 0.270 e. The molecule has 1 fully saturated rings. The highest BCUT2D eigenvalue weighted by Crippen LogP contribution is 2.17. The zero-order chi connectivity index (χ0) is 15.6. The molecule has 2 rings (SSSR count). The highest BCUT2D eigenvalue weighted by atomic mass is 32.2. The molecule has 1 aromatic rings. The van der Waals surface area contributed by atoms with Gasteiger partial charge in [-0.1, -0.05) is 0 Å². The van der Waals surface area contributed by atoms with E-state index in [-0.39, 0.29) is 18.0 Å². The topological polar surface area (TPSA) is 105 Å². The van der Waals surface area contributed by atoms with Crippen LogP contribution in [0.3, 0.4) is 0 Å². The minimum atomic E-state index is -3.14. The van der Waals surface area contributed by atoms with Gasteiger partial charge in [-0.3, -0.25) is 4.79 Å². The van der Waals surface area contributed by atoms with E-state index in [0.29, 0.717) is 31.6 Å². The fourth-order valence-corrected chi connectivity index (χ4v) is 3.82. The van der Waals surface area contributed by atoms with E-state index < -0.39 is 10.0 Å². The molecule has 0 aliphatic carbocycles. The van der Waals surface area contributed by atoms with E-state index in [1.807, 2.05) is 6.92 Å². The fraction of sp³-hybridized carbons (Fsp3) is 0.667. The van der Waals surface area contributed by atoms with Gasteiger partial charge in [0.15, 0.2) is 0 Å². The van der Waals surface area contributed by atoms with Crippen molar-refractivity contribution in [1.82, 2.24) is 14.6 Å². The van der Waals surface area contributed by atoms with E-state index >= 15 is 0 Å². The van der Waals surface area contributed by atoms with Crippen LogP contribution in [0, 0.1) is 0 Å². The standard InChI is InChI=1S/C12H20N4O3S2/c1-8(13)12-15-10(7-20-12)11(17)14-9-3-5-16(6-4-9)21(2,18)19/h7-9H,3-6,13H2,1-2H3,(H,14,17). The second-order valence-corrected chi connectivity index (χ2v) is 8.14. The Bertz CT molecular complexity index is 604. The molecule has 3 N–H and O–H groups in total. The van der Waals surface area contributed by atoms with Gasteiger partial charge in [-0.05, 0) is 19.8 Å². The van der Waals surface area contributed by atoms with Gasteiger partial charge in [0.2, 0.25) is 10.0 Å². The number of hydrogen-bond acceptors (Lipinski definition) is 6. The molecule has 1 aliphatic heterocycles. The Morgan fingerprint density at radius 2 is 2.14 bits per heavy atom. The van der Waals surface area contributed by atoms with Gasteiger partial charge < -0.3 is 11.1 Å². The van der Waals surface area contributed by atoms with E-state index in [1.165, 1.54) is 21.9 Å². The number of amides is 1. The van der Waals surface area contributed by atoms with Crippen LogP contribution in [0.25, 0.3) is 0 Å². The predicted octanol–water partition coefficient (Wildman–Crippen LogP) is 0.317.